The highest BCUT2D eigenvalue weighted by molar-refractivity contribution is 5.67. The highest BCUT2D eigenvalue weighted by Gasteiger charge is 2.41. The number of hydrogen-bond acceptors (Lipinski definition) is 5. The van der Waals surface area contributed by atoms with Crippen LogP contribution in [0.15, 0.2) is 29.8 Å². The Kier molecular flexibility index (Phi) is 3.11. The minimum Gasteiger partial charge on any atom is -0.506 e. The Labute approximate surface area is 98.9 Å². The molecule has 1 saturated heterocycles. The summed E-state index contributed by atoms with van der Waals surface area (Å²) in [5, 5.41) is 18.9. The van der Waals surface area contributed by atoms with Crippen molar-refractivity contribution < 1.29 is 9.84 Å². The molecule has 0 saturated carbocycles. The summed E-state index contributed by atoms with van der Waals surface area (Å²) in [6.07, 6.45) is -0.982. The molecule has 1 aliphatic heterocycles. The fraction of sp³-hybridized carbons (Fsp3) is 0.250. The SMILES string of the molecule is N#C/C(=C(/O)c1ccc(CN)cc1)C1OC1N. The predicted octanol–water partition coefficient (Wildman–Crippen LogP) is 0.622. The molecule has 1 aromatic rings. The quantitative estimate of drug-likeness (QED) is 0.401. The standard InChI is InChI=1S/C12H13N3O2/c13-5-7-1-3-8(4-2-7)10(16)9(6-14)11-12(15)17-11/h1-4,11-12,16H,5,13,15H2/b10-9-. The van der Waals surface area contributed by atoms with E-state index in [-0.39, 0.29) is 11.3 Å². The van der Waals surface area contributed by atoms with Crippen molar-refractivity contribution in [2.24, 2.45) is 11.5 Å². The van der Waals surface area contributed by atoms with Gasteiger partial charge in [0.1, 0.15) is 29.7 Å². The number of aliphatic hydroxyl groups excluding tert-OH is 1. The zero-order chi connectivity index (χ0) is 12.4. The number of aliphatic hydroxyl groups is 1. The van der Waals surface area contributed by atoms with Crippen LogP contribution < -0.4 is 11.5 Å². The number of epoxide rings is 1. The summed E-state index contributed by atoms with van der Waals surface area (Å²) in [5.74, 6) is -0.0889. The van der Waals surface area contributed by atoms with Gasteiger partial charge in [0.25, 0.3) is 0 Å². The maximum atomic E-state index is 9.96. The van der Waals surface area contributed by atoms with Gasteiger partial charge >= 0.3 is 0 Å². The van der Waals surface area contributed by atoms with E-state index in [9.17, 15) is 5.11 Å². The van der Waals surface area contributed by atoms with E-state index in [1.165, 1.54) is 0 Å². The molecule has 2 rings (SSSR count). The maximum Gasteiger partial charge on any atom is 0.139 e. The Hall–Kier alpha value is -1.87. The lowest BCUT2D eigenvalue weighted by molar-refractivity contribution is 0.388. The van der Waals surface area contributed by atoms with Crippen molar-refractivity contribution in [1.29, 1.82) is 5.26 Å². The van der Waals surface area contributed by atoms with E-state index in [1.54, 1.807) is 24.3 Å². The van der Waals surface area contributed by atoms with Gasteiger partial charge in [0.15, 0.2) is 0 Å². The zero-order valence-electron chi connectivity index (χ0n) is 9.13. The summed E-state index contributed by atoms with van der Waals surface area (Å²) in [7, 11) is 0. The van der Waals surface area contributed by atoms with Crippen molar-refractivity contribution in [1.82, 2.24) is 0 Å². The molecule has 0 spiro atoms. The van der Waals surface area contributed by atoms with Crippen molar-refractivity contribution in [3.63, 3.8) is 0 Å². The van der Waals surface area contributed by atoms with Crippen LogP contribution in [-0.2, 0) is 11.3 Å². The van der Waals surface area contributed by atoms with Crippen LogP contribution in [0.25, 0.3) is 5.76 Å². The average Bonchev–Trinajstić information content (AvgIpc) is 3.07. The highest BCUT2D eigenvalue weighted by Crippen LogP contribution is 2.29. The van der Waals surface area contributed by atoms with Crippen LogP contribution in [-0.4, -0.2) is 17.4 Å². The van der Waals surface area contributed by atoms with E-state index in [1.807, 2.05) is 6.07 Å². The molecule has 5 nitrogen and oxygen atoms in total. The summed E-state index contributed by atoms with van der Waals surface area (Å²) in [6.45, 7) is 0.437. The van der Waals surface area contributed by atoms with Gasteiger partial charge in [-0.1, -0.05) is 24.3 Å². The van der Waals surface area contributed by atoms with Gasteiger partial charge in [-0.2, -0.15) is 5.26 Å². The fourth-order valence-electron chi connectivity index (χ4n) is 1.56. The molecule has 0 bridgehead atoms. The van der Waals surface area contributed by atoms with E-state index in [0.29, 0.717) is 12.1 Å². The Balaban J connectivity index is 2.31. The van der Waals surface area contributed by atoms with Crippen LogP contribution in [0.5, 0.6) is 0 Å². The first kappa shape index (κ1) is 11.6. The summed E-state index contributed by atoms with van der Waals surface area (Å²) < 4.78 is 4.97. The normalized spacial score (nSPS) is 23.8. The molecule has 17 heavy (non-hydrogen) atoms. The van der Waals surface area contributed by atoms with Crippen molar-refractivity contribution in [2.75, 3.05) is 0 Å². The molecule has 2 atom stereocenters. The van der Waals surface area contributed by atoms with E-state index >= 15 is 0 Å². The summed E-state index contributed by atoms with van der Waals surface area (Å²) >= 11 is 0. The summed E-state index contributed by atoms with van der Waals surface area (Å²) in [4.78, 5) is 0. The molecule has 0 radical (unpaired) electrons. The third kappa shape index (κ3) is 2.29. The summed E-state index contributed by atoms with van der Waals surface area (Å²) in [6, 6.07) is 8.94. The maximum absolute atomic E-state index is 9.96. The van der Waals surface area contributed by atoms with E-state index in [2.05, 4.69) is 0 Å². The van der Waals surface area contributed by atoms with Crippen molar-refractivity contribution >= 4 is 5.76 Å². The number of benzene rings is 1. The lowest BCUT2D eigenvalue weighted by atomic mass is 10.0. The van der Waals surface area contributed by atoms with Crippen LogP contribution in [0.4, 0.5) is 0 Å². The van der Waals surface area contributed by atoms with Crippen LogP contribution in [0.1, 0.15) is 11.1 Å². The fourth-order valence-corrected chi connectivity index (χ4v) is 1.56. The van der Waals surface area contributed by atoms with Gasteiger partial charge in [-0.3, -0.25) is 0 Å². The number of hydrogen-bond donors (Lipinski definition) is 3. The Bertz CT molecular complexity index is 487. The second-order valence-electron chi connectivity index (χ2n) is 3.80. The molecule has 1 heterocycles. The molecular weight excluding hydrogens is 218 g/mol. The van der Waals surface area contributed by atoms with Crippen molar-refractivity contribution in [3.05, 3.63) is 41.0 Å². The Morgan fingerprint density at radius 3 is 2.41 bits per heavy atom. The van der Waals surface area contributed by atoms with E-state index in [0.717, 1.165) is 5.56 Å². The topological polar surface area (TPSA) is 109 Å². The van der Waals surface area contributed by atoms with Gasteiger partial charge in [-0.15, -0.1) is 0 Å². The predicted molar refractivity (Wildman–Crippen MR) is 62.3 cm³/mol. The molecule has 0 amide bonds. The Morgan fingerprint density at radius 2 is 2.00 bits per heavy atom. The van der Waals surface area contributed by atoms with Crippen molar-refractivity contribution in [2.45, 2.75) is 18.9 Å². The number of nitriles is 1. The first-order valence-corrected chi connectivity index (χ1v) is 5.21. The number of nitrogens with zero attached hydrogens (tertiary/aromatic N) is 1. The lowest BCUT2D eigenvalue weighted by Gasteiger charge is -2.03. The molecule has 1 aliphatic rings. The minimum absolute atomic E-state index is 0.0889. The van der Waals surface area contributed by atoms with E-state index in [4.69, 9.17) is 21.5 Å². The third-order valence-corrected chi connectivity index (χ3v) is 2.65. The average molecular weight is 231 g/mol. The van der Waals surface area contributed by atoms with Gasteiger partial charge in [0.2, 0.25) is 0 Å². The van der Waals surface area contributed by atoms with Gasteiger partial charge in [0, 0.05) is 12.1 Å². The lowest BCUT2D eigenvalue weighted by Crippen LogP contribution is -2.08. The molecule has 0 aliphatic carbocycles. The first-order valence-electron chi connectivity index (χ1n) is 5.21. The first-order chi connectivity index (χ1) is 8.17. The molecular formula is C12H13N3O2. The van der Waals surface area contributed by atoms with Crippen LogP contribution in [0.3, 0.4) is 0 Å². The smallest absolute Gasteiger partial charge is 0.139 e. The number of nitrogens with two attached hydrogens (primary N) is 2. The molecule has 1 fully saturated rings. The van der Waals surface area contributed by atoms with Gasteiger partial charge < -0.3 is 21.3 Å². The van der Waals surface area contributed by atoms with Gasteiger partial charge in [-0.25, -0.2) is 0 Å². The molecule has 88 valence electrons. The highest BCUT2D eigenvalue weighted by atomic mass is 16.6. The van der Waals surface area contributed by atoms with Crippen molar-refractivity contribution in [3.8, 4) is 6.07 Å². The largest absolute Gasteiger partial charge is 0.506 e. The second-order valence-corrected chi connectivity index (χ2v) is 3.80. The summed E-state index contributed by atoms with van der Waals surface area (Å²) in [5.41, 5.74) is 12.6. The Morgan fingerprint density at radius 1 is 1.41 bits per heavy atom. The van der Waals surface area contributed by atoms with Gasteiger partial charge in [0.05, 0.1) is 0 Å². The molecule has 2 unspecified atom stereocenters. The molecule has 5 heteroatoms. The van der Waals surface area contributed by atoms with Crippen LogP contribution in [0, 0.1) is 11.3 Å². The number of rotatable bonds is 3. The molecule has 1 aromatic carbocycles. The monoisotopic (exact) mass is 231 g/mol. The minimum atomic E-state index is -0.491. The molecule has 5 N–H and O–H groups in total. The van der Waals surface area contributed by atoms with Crippen LogP contribution in [0.2, 0.25) is 0 Å². The van der Waals surface area contributed by atoms with E-state index < -0.39 is 12.3 Å². The second kappa shape index (κ2) is 4.55. The zero-order valence-corrected chi connectivity index (χ0v) is 9.13. The van der Waals surface area contributed by atoms with Crippen LogP contribution >= 0.6 is 0 Å². The van der Waals surface area contributed by atoms with Gasteiger partial charge in [-0.05, 0) is 5.56 Å². The third-order valence-electron chi connectivity index (χ3n) is 2.65. The number of ether oxygens (including phenoxy) is 1. The molecule has 0 aromatic heterocycles.